The maximum Gasteiger partial charge on any atom is 0.0466 e. The third-order valence-corrected chi connectivity index (χ3v) is 4.51. The second kappa shape index (κ2) is 7.69. The fourth-order valence-corrected chi connectivity index (χ4v) is 3.17. The molecule has 19 heavy (non-hydrogen) atoms. The molecule has 1 unspecified atom stereocenters. The average Bonchev–Trinajstić information content (AvgIpc) is 2.44. The van der Waals surface area contributed by atoms with Gasteiger partial charge >= 0.3 is 0 Å². The summed E-state index contributed by atoms with van der Waals surface area (Å²) in [5.74, 6) is 0. The highest BCUT2D eigenvalue weighted by molar-refractivity contribution is 5.24. The minimum Gasteiger partial charge on any atom is -0.381 e. The summed E-state index contributed by atoms with van der Waals surface area (Å²) in [5.41, 5.74) is 1.84. The first-order valence-electron chi connectivity index (χ1n) is 7.95. The van der Waals surface area contributed by atoms with Gasteiger partial charge in [0, 0.05) is 13.2 Å². The van der Waals surface area contributed by atoms with Gasteiger partial charge in [0.1, 0.15) is 0 Å². The van der Waals surface area contributed by atoms with E-state index < -0.39 is 0 Å². The van der Waals surface area contributed by atoms with Crippen LogP contribution < -0.4 is 0 Å². The van der Waals surface area contributed by atoms with Crippen molar-refractivity contribution in [3.05, 3.63) is 35.9 Å². The first-order valence-corrected chi connectivity index (χ1v) is 7.95. The molecule has 0 N–H and O–H groups in total. The molecule has 1 nitrogen and oxygen atoms in total. The van der Waals surface area contributed by atoms with Crippen LogP contribution in [0.3, 0.4) is 0 Å². The molecule has 0 radical (unpaired) electrons. The predicted molar refractivity (Wildman–Crippen MR) is 81.5 cm³/mol. The Bertz CT molecular complexity index is 332. The van der Waals surface area contributed by atoms with E-state index in [9.17, 15) is 0 Å². The lowest BCUT2D eigenvalue weighted by atomic mass is 9.74. The number of benzene rings is 1. The van der Waals surface area contributed by atoms with E-state index in [1.54, 1.807) is 0 Å². The van der Waals surface area contributed by atoms with E-state index in [0.29, 0.717) is 5.41 Å². The van der Waals surface area contributed by atoms with Crippen molar-refractivity contribution in [3.8, 4) is 0 Å². The molecule has 2 rings (SSSR count). The minimum absolute atomic E-state index is 0.337. The Morgan fingerprint density at radius 3 is 2.26 bits per heavy atom. The van der Waals surface area contributed by atoms with Gasteiger partial charge in [-0.3, -0.25) is 0 Å². The fraction of sp³-hybridized carbons (Fsp3) is 0.667. The molecule has 1 aliphatic heterocycles. The second-order valence-electron chi connectivity index (χ2n) is 6.16. The molecule has 1 atom stereocenters. The van der Waals surface area contributed by atoms with Crippen LogP contribution >= 0.6 is 0 Å². The number of hydrogen-bond acceptors (Lipinski definition) is 1. The van der Waals surface area contributed by atoms with Crippen LogP contribution in [-0.4, -0.2) is 13.2 Å². The zero-order valence-electron chi connectivity index (χ0n) is 12.4. The molecule has 0 aliphatic carbocycles. The Balaban J connectivity index is 2.01. The minimum atomic E-state index is 0.337. The zero-order chi connectivity index (χ0) is 13.4. The summed E-state index contributed by atoms with van der Waals surface area (Å²) in [6.07, 6.45) is 10.4. The van der Waals surface area contributed by atoms with Gasteiger partial charge in [-0.2, -0.15) is 0 Å². The van der Waals surface area contributed by atoms with Crippen LogP contribution in [0.2, 0.25) is 0 Å². The second-order valence-corrected chi connectivity index (χ2v) is 6.16. The maximum absolute atomic E-state index is 5.74. The zero-order valence-corrected chi connectivity index (χ0v) is 12.4. The van der Waals surface area contributed by atoms with Crippen LogP contribution in [0.15, 0.2) is 30.3 Å². The monoisotopic (exact) mass is 260 g/mol. The molecular weight excluding hydrogens is 232 g/mol. The van der Waals surface area contributed by atoms with Gasteiger partial charge in [0.2, 0.25) is 0 Å². The van der Waals surface area contributed by atoms with Gasteiger partial charge in [0.15, 0.2) is 0 Å². The highest BCUT2D eigenvalue weighted by Gasteiger charge is 2.25. The molecule has 0 saturated carbocycles. The maximum atomic E-state index is 5.74. The van der Waals surface area contributed by atoms with Crippen molar-refractivity contribution in [2.75, 3.05) is 13.2 Å². The summed E-state index contributed by atoms with van der Waals surface area (Å²) < 4.78 is 5.74. The molecule has 1 heteroatoms. The Kier molecular flexibility index (Phi) is 5.91. The van der Waals surface area contributed by atoms with E-state index in [-0.39, 0.29) is 0 Å². The predicted octanol–water partition coefficient (Wildman–Crippen LogP) is 5.10. The van der Waals surface area contributed by atoms with Crippen LogP contribution in [-0.2, 0) is 10.2 Å². The van der Waals surface area contributed by atoms with Gasteiger partial charge in [-0.25, -0.2) is 0 Å². The van der Waals surface area contributed by atoms with Crippen LogP contribution in [0.25, 0.3) is 0 Å². The van der Waals surface area contributed by atoms with Crippen LogP contribution in [0.1, 0.15) is 63.9 Å². The van der Waals surface area contributed by atoms with Gasteiger partial charge in [0.25, 0.3) is 0 Å². The summed E-state index contributed by atoms with van der Waals surface area (Å²) in [5, 5.41) is 0. The molecule has 0 amide bonds. The standard InChI is InChI=1S/C18H28O/c1-18(17-11-6-5-7-12-17)13-8-3-2-4-9-15-19-16-10-14-18/h5-7,11-12H,2-4,8-10,13-16H2,1H3. The Labute approximate surface area is 118 Å². The smallest absolute Gasteiger partial charge is 0.0466 e. The molecule has 1 fully saturated rings. The largest absolute Gasteiger partial charge is 0.381 e. The van der Waals surface area contributed by atoms with Gasteiger partial charge in [0.05, 0.1) is 0 Å². The van der Waals surface area contributed by atoms with Gasteiger partial charge in [-0.15, -0.1) is 0 Å². The van der Waals surface area contributed by atoms with Crippen LogP contribution in [0, 0.1) is 0 Å². The summed E-state index contributed by atoms with van der Waals surface area (Å²) in [4.78, 5) is 0. The molecule has 1 aromatic rings. The normalized spacial score (nSPS) is 27.2. The van der Waals surface area contributed by atoms with Crippen molar-refractivity contribution in [1.82, 2.24) is 0 Å². The van der Waals surface area contributed by atoms with E-state index in [2.05, 4.69) is 37.3 Å². The fourth-order valence-electron chi connectivity index (χ4n) is 3.17. The lowest BCUT2D eigenvalue weighted by Gasteiger charge is -2.31. The average molecular weight is 260 g/mol. The summed E-state index contributed by atoms with van der Waals surface area (Å²) in [7, 11) is 0. The van der Waals surface area contributed by atoms with Gasteiger partial charge in [-0.1, -0.05) is 62.9 Å². The van der Waals surface area contributed by atoms with Gasteiger partial charge < -0.3 is 4.74 Å². The molecule has 1 saturated heterocycles. The van der Waals surface area contributed by atoms with Crippen molar-refractivity contribution >= 4 is 0 Å². The third kappa shape index (κ3) is 4.65. The Morgan fingerprint density at radius 2 is 1.42 bits per heavy atom. The van der Waals surface area contributed by atoms with E-state index >= 15 is 0 Å². The van der Waals surface area contributed by atoms with E-state index in [0.717, 1.165) is 13.2 Å². The van der Waals surface area contributed by atoms with Crippen molar-refractivity contribution in [3.63, 3.8) is 0 Å². The quantitative estimate of drug-likeness (QED) is 0.683. The summed E-state index contributed by atoms with van der Waals surface area (Å²) in [6, 6.07) is 11.1. The van der Waals surface area contributed by atoms with Crippen LogP contribution in [0.4, 0.5) is 0 Å². The van der Waals surface area contributed by atoms with Crippen molar-refractivity contribution in [2.45, 2.75) is 63.7 Å². The highest BCUT2D eigenvalue weighted by atomic mass is 16.5. The molecule has 1 aliphatic rings. The van der Waals surface area contributed by atoms with E-state index in [1.165, 1.54) is 56.9 Å². The van der Waals surface area contributed by atoms with E-state index in [4.69, 9.17) is 4.74 Å². The molecule has 0 spiro atoms. The SMILES string of the molecule is CC1(c2ccccc2)CCCCCCCOCCC1. The first kappa shape index (κ1) is 14.6. The van der Waals surface area contributed by atoms with Gasteiger partial charge in [-0.05, 0) is 36.7 Å². The van der Waals surface area contributed by atoms with Crippen LogP contribution in [0.5, 0.6) is 0 Å². The van der Waals surface area contributed by atoms with E-state index in [1.807, 2.05) is 0 Å². The lowest BCUT2D eigenvalue weighted by molar-refractivity contribution is 0.119. The van der Waals surface area contributed by atoms with Crippen molar-refractivity contribution in [2.24, 2.45) is 0 Å². The Morgan fingerprint density at radius 1 is 0.789 bits per heavy atom. The molecule has 106 valence electrons. The molecule has 0 aromatic heterocycles. The summed E-state index contributed by atoms with van der Waals surface area (Å²) in [6.45, 7) is 4.33. The molecule has 0 bridgehead atoms. The lowest BCUT2D eigenvalue weighted by Crippen LogP contribution is -2.23. The third-order valence-electron chi connectivity index (χ3n) is 4.51. The molecular formula is C18H28O. The number of hydrogen-bond donors (Lipinski definition) is 0. The van der Waals surface area contributed by atoms with Crippen molar-refractivity contribution in [1.29, 1.82) is 0 Å². The number of rotatable bonds is 1. The highest BCUT2D eigenvalue weighted by Crippen LogP contribution is 2.34. The number of ether oxygens (including phenoxy) is 1. The molecule has 1 aromatic carbocycles. The topological polar surface area (TPSA) is 9.23 Å². The first-order chi connectivity index (χ1) is 9.31. The molecule has 1 heterocycles. The Hall–Kier alpha value is -0.820. The van der Waals surface area contributed by atoms with Crippen molar-refractivity contribution < 1.29 is 4.74 Å². The summed E-state index contributed by atoms with van der Waals surface area (Å²) >= 11 is 0.